The zero-order valence-corrected chi connectivity index (χ0v) is 22.7. The summed E-state index contributed by atoms with van der Waals surface area (Å²) in [6.45, 7) is 4.11. The molecule has 1 saturated heterocycles. The predicted octanol–water partition coefficient (Wildman–Crippen LogP) is 2.28. The standard InChI is InChI=1S/C28H30N4O7S/c1-3-18-13-28(18,27(34)32-40(35,36)21-5-6-21)31-25(33)24-12-20(14-29-24)39-26-22-7-4-19(37-2)10-17(22)11-23(30-26)16-8-9-38-15-16/h3-4,7-11,15,18,20-21,24,29H,1,5-6,12-14H2,2H3,(H,31,33)(H,32,34)/t18-,20-,24?,28-/m1/s1. The third kappa shape index (κ3) is 4.92. The van der Waals surface area contributed by atoms with Crippen LogP contribution < -0.4 is 24.8 Å². The smallest absolute Gasteiger partial charge is 0.259 e. The van der Waals surface area contributed by atoms with Gasteiger partial charge in [0.2, 0.25) is 21.8 Å². The van der Waals surface area contributed by atoms with Crippen molar-refractivity contribution in [1.82, 2.24) is 20.3 Å². The molecule has 3 heterocycles. The van der Waals surface area contributed by atoms with Crippen LogP contribution in [0.25, 0.3) is 22.0 Å². The Hall–Kier alpha value is -3.90. The lowest BCUT2D eigenvalue weighted by Crippen LogP contribution is -2.55. The highest BCUT2D eigenvalue weighted by Gasteiger charge is 2.61. The molecule has 1 aromatic carbocycles. The Morgan fingerprint density at radius 3 is 2.75 bits per heavy atom. The monoisotopic (exact) mass is 566 g/mol. The van der Waals surface area contributed by atoms with Crippen LogP contribution in [0.3, 0.4) is 0 Å². The number of carbonyl (C=O) groups is 2. The van der Waals surface area contributed by atoms with Crippen molar-refractivity contribution in [3.63, 3.8) is 0 Å². The van der Waals surface area contributed by atoms with Gasteiger partial charge in [-0.05, 0) is 55.0 Å². The molecule has 0 radical (unpaired) electrons. The summed E-state index contributed by atoms with van der Waals surface area (Å²) in [6, 6.07) is 8.71. The summed E-state index contributed by atoms with van der Waals surface area (Å²) in [5.74, 6) is -0.352. The van der Waals surface area contributed by atoms with Crippen molar-refractivity contribution < 1.29 is 31.9 Å². The molecule has 3 N–H and O–H groups in total. The maximum Gasteiger partial charge on any atom is 0.259 e. The summed E-state index contributed by atoms with van der Waals surface area (Å²) in [6.07, 6.45) is 6.05. The zero-order chi connectivity index (χ0) is 28.1. The molecule has 1 aliphatic heterocycles. The molecule has 0 spiro atoms. The van der Waals surface area contributed by atoms with Crippen LogP contribution in [0, 0.1) is 5.92 Å². The number of hydrogen-bond donors (Lipinski definition) is 3. The van der Waals surface area contributed by atoms with E-state index in [1.54, 1.807) is 25.7 Å². The number of ether oxygens (including phenoxy) is 2. The Morgan fingerprint density at radius 2 is 2.08 bits per heavy atom. The number of furan rings is 1. The van der Waals surface area contributed by atoms with Crippen LogP contribution in [0.5, 0.6) is 11.6 Å². The topological polar surface area (TPSA) is 149 Å². The lowest BCUT2D eigenvalue weighted by molar-refractivity contribution is -0.130. The van der Waals surface area contributed by atoms with Crippen molar-refractivity contribution >= 4 is 32.6 Å². The van der Waals surface area contributed by atoms with Crippen LogP contribution in [-0.2, 0) is 19.6 Å². The second-order valence-corrected chi connectivity index (χ2v) is 12.5. The molecule has 12 heteroatoms. The molecule has 2 aromatic heterocycles. The molecule has 1 unspecified atom stereocenters. The van der Waals surface area contributed by atoms with E-state index in [0.29, 0.717) is 49.6 Å². The summed E-state index contributed by atoms with van der Waals surface area (Å²) in [7, 11) is -2.14. The molecule has 3 aliphatic rings. The number of methoxy groups -OCH3 is 1. The van der Waals surface area contributed by atoms with Crippen LogP contribution in [-0.4, -0.2) is 61.8 Å². The van der Waals surface area contributed by atoms with Crippen molar-refractivity contribution in [1.29, 1.82) is 0 Å². The Kier molecular flexibility index (Phi) is 6.54. The Bertz CT molecular complexity index is 1590. The minimum atomic E-state index is -3.74. The highest BCUT2D eigenvalue weighted by Crippen LogP contribution is 2.45. The number of nitrogens with one attached hydrogen (secondary N) is 3. The maximum atomic E-state index is 13.2. The summed E-state index contributed by atoms with van der Waals surface area (Å²) in [5.41, 5.74) is 0.143. The van der Waals surface area contributed by atoms with Gasteiger partial charge in [0.05, 0.1) is 36.6 Å². The molecule has 210 valence electrons. The molecule has 4 atom stereocenters. The first-order valence-electron chi connectivity index (χ1n) is 13.1. The van der Waals surface area contributed by atoms with E-state index >= 15 is 0 Å². The van der Waals surface area contributed by atoms with Crippen molar-refractivity contribution in [3.8, 4) is 22.9 Å². The summed E-state index contributed by atoms with van der Waals surface area (Å²) < 4.78 is 43.8. The van der Waals surface area contributed by atoms with Crippen LogP contribution >= 0.6 is 0 Å². The minimum Gasteiger partial charge on any atom is -0.497 e. The number of fused-ring (bicyclic) bond motifs is 1. The summed E-state index contributed by atoms with van der Waals surface area (Å²) in [4.78, 5) is 30.9. The fourth-order valence-corrected chi connectivity index (χ4v) is 6.52. The number of rotatable bonds is 10. The molecule has 3 fully saturated rings. The van der Waals surface area contributed by atoms with Gasteiger partial charge in [0.15, 0.2) is 0 Å². The molecule has 2 amide bonds. The van der Waals surface area contributed by atoms with Gasteiger partial charge in [0, 0.05) is 29.8 Å². The Balaban J connectivity index is 1.17. The van der Waals surface area contributed by atoms with Crippen LogP contribution in [0.1, 0.15) is 25.7 Å². The largest absolute Gasteiger partial charge is 0.497 e. The number of benzene rings is 1. The zero-order valence-electron chi connectivity index (χ0n) is 21.9. The first-order valence-corrected chi connectivity index (χ1v) is 14.7. The van der Waals surface area contributed by atoms with Gasteiger partial charge in [-0.2, -0.15) is 0 Å². The number of amides is 2. The first kappa shape index (κ1) is 26.3. The molecule has 2 aliphatic carbocycles. The van der Waals surface area contributed by atoms with E-state index in [9.17, 15) is 18.0 Å². The molecule has 2 saturated carbocycles. The van der Waals surface area contributed by atoms with E-state index in [2.05, 4.69) is 21.9 Å². The molecule has 0 bridgehead atoms. The SMILES string of the molecule is C=C[C@@H]1C[C@]1(NC(=O)C1C[C@@H](Oc2nc(-c3ccoc3)cc3cc(OC)ccc23)CN1)C(=O)NS(=O)(=O)C1CC1. The second kappa shape index (κ2) is 9.93. The van der Waals surface area contributed by atoms with E-state index in [1.165, 1.54) is 0 Å². The van der Waals surface area contributed by atoms with Crippen LogP contribution in [0.15, 0.2) is 59.9 Å². The molecular weight excluding hydrogens is 536 g/mol. The molecule has 11 nitrogen and oxygen atoms in total. The summed E-state index contributed by atoms with van der Waals surface area (Å²) in [5, 5.41) is 7.08. The molecule has 3 aromatic rings. The third-order valence-corrected chi connectivity index (χ3v) is 9.57. The molecule has 6 rings (SSSR count). The average molecular weight is 567 g/mol. The maximum absolute atomic E-state index is 13.2. The van der Waals surface area contributed by atoms with Crippen molar-refractivity contribution in [3.05, 3.63) is 55.5 Å². The quantitative estimate of drug-likeness (QED) is 0.314. The lowest BCUT2D eigenvalue weighted by atomic mass is 10.1. The fraction of sp³-hybridized carbons (Fsp3) is 0.393. The van der Waals surface area contributed by atoms with Gasteiger partial charge in [-0.1, -0.05) is 6.08 Å². The Labute approximate surface area is 231 Å². The van der Waals surface area contributed by atoms with Gasteiger partial charge >= 0.3 is 0 Å². The molecular formula is C28H30N4O7S. The van der Waals surface area contributed by atoms with Crippen LogP contribution in [0.2, 0.25) is 0 Å². The van der Waals surface area contributed by atoms with E-state index < -0.39 is 38.7 Å². The van der Waals surface area contributed by atoms with Crippen molar-refractivity contribution in [2.75, 3.05) is 13.7 Å². The highest BCUT2D eigenvalue weighted by atomic mass is 32.2. The normalized spacial score (nSPS) is 25.8. The number of nitrogens with zero attached hydrogens (tertiary/aromatic N) is 1. The molecule has 40 heavy (non-hydrogen) atoms. The number of hydrogen-bond acceptors (Lipinski definition) is 9. The average Bonchev–Trinajstić information content (AvgIpc) is 3.80. The van der Waals surface area contributed by atoms with Gasteiger partial charge in [0.1, 0.15) is 17.4 Å². The third-order valence-electron chi connectivity index (χ3n) is 7.75. The number of pyridine rings is 1. The van der Waals surface area contributed by atoms with E-state index in [4.69, 9.17) is 18.9 Å². The second-order valence-electron chi connectivity index (χ2n) is 10.5. The van der Waals surface area contributed by atoms with Gasteiger partial charge in [-0.15, -0.1) is 6.58 Å². The summed E-state index contributed by atoms with van der Waals surface area (Å²) >= 11 is 0. The van der Waals surface area contributed by atoms with E-state index in [1.807, 2.05) is 30.3 Å². The highest BCUT2D eigenvalue weighted by molar-refractivity contribution is 7.91. The number of carbonyl (C=O) groups excluding carboxylic acids is 2. The minimum absolute atomic E-state index is 0.293. The van der Waals surface area contributed by atoms with Crippen LogP contribution in [0.4, 0.5) is 0 Å². The van der Waals surface area contributed by atoms with E-state index in [0.717, 1.165) is 16.3 Å². The first-order chi connectivity index (χ1) is 19.2. The Morgan fingerprint density at radius 1 is 1.25 bits per heavy atom. The fourth-order valence-electron chi connectivity index (χ4n) is 5.15. The van der Waals surface area contributed by atoms with Gasteiger partial charge < -0.3 is 24.5 Å². The number of aromatic nitrogens is 1. The lowest BCUT2D eigenvalue weighted by Gasteiger charge is -2.21. The predicted molar refractivity (Wildman–Crippen MR) is 146 cm³/mol. The van der Waals surface area contributed by atoms with E-state index in [-0.39, 0.29) is 12.0 Å². The van der Waals surface area contributed by atoms with Gasteiger partial charge in [-0.25, -0.2) is 13.4 Å². The van der Waals surface area contributed by atoms with Gasteiger partial charge in [-0.3, -0.25) is 14.3 Å². The van der Waals surface area contributed by atoms with Gasteiger partial charge in [0.25, 0.3) is 5.91 Å². The van der Waals surface area contributed by atoms with Crippen molar-refractivity contribution in [2.45, 2.75) is 48.6 Å². The number of sulfonamides is 1. The van der Waals surface area contributed by atoms with Crippen molar-refractivity contribution in [2.24, 2.45) is 5.92 Å².